The SMILES string of the molecule is Cc1cc(C(N)=O)nn1-c1ccc(Cc2ccc(C3CCN(C)CC3)cc2)cc1. The predicted octanol–water partition coefficient (Wildman–Crippen LogP) is 3.68. The molecule has 2 N–H and O–H groups in total. The zero-order valence-corrected chi connectivity index (χ0v) is 17.1. The molecule has 150 valence electrons. The smallest absolute Gasteiger partial charge is 0.269 e. The minimum Gasteiger partial charge on any atom is -0.364 e. The molecule has 0 bridgehead atoms. The highest BCUT2D eigenvalue weighted by molar-refractivity contribution is 5.90. The lowest BCUT2D eigenvalue weighted by Gasteiger charge is -2.29. The second-order valence-corrected chi connectivity index (χ2v) is 8.11. The molecule has 0 spiro atoms. The standard InChI is InChI=1S/C24H28N4O/c1-17-15-23(24(25)29)26-28(17)22-9-5-19(6-10-22)16-18-3-7-20(8-4-18)21-11-13-27(2)14-12-21/h3-10,15,21H,11-14,16H2,1-2H3,(H2,25,29). The number of likely N-dealkylation sites (tertiary alicyclic amines) is 1. The van der Waals surface area contributed by atoms with Crippen LogP contribution in [0.5, 0.6) is 0 Å². The van der Waals surface area contributed by atoms with Crippen molar-refractivity contribution in [2.45, 2.75) is 32.1 Å². The summed E-state index contributed by atoms with van der Waals surface area (Å²) in [5, 5.41) is 4.29. The second kappa shape index (κ2) is 8.21. The Bertz CT molecular complexity index is 981. The van der Waals surface area contributed by atoms with Crippen molar-refractivity contribution in [3.8, 4) is 5.69 Å². The maximum atomic E-state index is 11.3. The van der Waals surface area contributed by atoms with Crippen molar-refractivity contribution in [2.75, 3.05) is 20.1 Å². The molecule has 5 nitrogen and oxygen atoms in total. The maximum Gasteiger partial charge on any atom is 0.269 e. The molecule has 3 aromatic rings. The number of carbonyl (C=O) groups is 1. The first kappa shape index (κ1) is 19.4. The van der Waals surface area contributed by atoms with Crippen molar-refractivity contribution < 1.29 is 4.79 Å². The molecular weight excluding hydrogens is 360 g/mol. The molecule has 4 rings (SSSR count). The van der Waals surface area contributed by atoms with Crippen molar-refractivity contribution in [3.05, 3.63) is 82.7 Å². The summed E-state index contributed by atoms with van der Waals surface area (Å²) < 4.78 is 1.75. The van der Waals surface area contributed by atoms with E-state index < -0.39 is 5.91 Å². The van der Waals surface area contributed by atoms with E-state index in [9.17, 15) is 4.79 Å². The van der Waals surface area contributed by atoms with E-state index in [1.807, 2.05) is 19.1 Å². The van der Waals surface area contributed by atoms with E-state index in [0.717, 1.165) is 17.8 Å². The zero-order valence-electron chi connectivity index (χ0n) is 17.1. The van der Waals surface area contributed by atoms with Crippen LogP contribution in [-0.4, -0.2) is 40.7 Å². The van der Waals surface area contributed by atoms with Crippen molar-refractivity contribution in [3.63, 3.8) is 0 Å². The highest BCUT2D eigenvalue weighted by Crippen LogP contribution is 2.28. The summed E-state index contributed by atoms with van der Waals surface area (Å²) in [6.45, 7) is 4.30. The van der Waals surface area contributed by atoms with Gasteiger partial charge in [-0.15, -0.1) is 0 Å². The molecule has 0 radical (unpaired) electrons. The number of benzene rings is 2. The molecule has 1 saturated heterocycles. The second-order valence-electron chi connectivity index (χ2n) is 8.11. The number of amides is 1. The van der Waals surface area contributed by atoms with E-state index >= 15 is 0 Å². The summed E-state index contributed by atoms with van der Waals surface area (Å²) in [6, 6.07) is 19.1. The molecule has 1 fully saturated rings. The Morgan fingerprint density at radius 1 is 1.03 bits per heavy atom. The summed E-state index contributed by atoms with van der Waals surface area (Å²) in [4.78, 5) is 13.7. The first-order valence-corrected chi connectivity index (χ1v) is 10.2. The zero-order chi connectivity index (χ0) is 20.4. The molecule has 1 amide bonds. The number of piperidine rings is 1. The van der Waals surface area contributed by atoms with E-state index in [2.05, 4.69) is 53.4 Å². The third-order valence-corrected chi connectivity index (χ3v) is 5.90. The lowest BCUT2D eigenvalue weighted by Crippen LogP contribution is -2.29. The van der Waals surface area contributed by atoms with Crippen LogP contribution >= 0.6 is 0 Å². The Morgan fingerprint density at radius 2 is 1.62 bits per heavy atom. The quantitative estimate of drug-likeness (QED) is 0.725. The molecular formula is C24H28N4O. The van der Waals surface area contributed by atoms with Gasteiger partial charge in [0.15, 0.2) is 5.69 Å². The van der Waals surface area contributed by atoms with Gasteiger partial charge in [-0.3, -0.25) is 4.79 Å². The van der Waals surface area contributed by atoms with Crippen LogP contribution in [0.1, 0.15) is 51.6 Å². The average Bonchev–Trinajstić information content (AvgIpc) is 3.12. The molecule has 1 aromatic heterocycles. The Morgan fingerprint density at radius 3 is 2.17 bits per heavy atom. The van der Waals surface area contributed by atoms with Gasteiger partial charge < -0.3 is 10.6 Å². The largest absolute Gasteiger partial charge is 0.364 e. The Balaban J connectivity index is 1.43. The van der Waals surface area contributed by atoms with Crippen molar-refractivity contribution in [2.24, 2.45) is 5.73 Å². The lowest BCUT2D eigenvalue weighted by atomic mass is 9.89. The van der Waals surface area contributed by atoms with Gasteiger partial charge in [-0.25, -0.2) is 4.68 Å². The molecule has 1 aliphatic heterocycles. The van der Waals surface area contributed by atoms with Crippen molar-refractivity contribution in [1.29, 1.82) is 0 Å². The minimum absolute atomic E-state index is 0.288. The van der Waals surface area contributed by atoms with Crippen molar-refractivity contribution >= 4 is 5.91 Å². The minimum atomic E-state index is -0.507. The van der Waals surface area contributed by atoms with Crippen LogP contribution in [0.3, 0.4) is 0 Å². The fraction of sp³-hybridized carbons (Fsp3) is 0.333. The number of carbonyl (C=O) groups excluding carboxylic acids is 1. The van der Waals surface area contributed by atoms with Gasteiger partial charge in [0.05, 0.1) is 5.69 Å². The summed E-state index contributed by atoms with van der Waals surface area (Å²) in [6.07, 6.45) is 3.40. The van der Waals surface area contributed by atoms with Crippen LogP contribution in [0.25, 0.3) is 5.69 Å². The fourth-order valence-corrected chi connectivity index (χ4v) is 4.10. The number of rotatable bonds is 5. The summed E-state index contributed by atoms with van der Waals surface area (Å²) in [5.74, 6) is 0.189. The van der Waals surface area contributed by atoms with Crippen LogP contribution in [0.4, 0.5) is 0 Å². The van der Waals surface area contributed by atoms with Gasteiger partial charge in [0.25, 0.3) is 5.91 Å². The summed E-state index contributed by atoms with van der Waals surface area (Å²) in [7, 11) is 2.20. The number of nitrogens with two attached hydrogens (primary N) is 1. The molecule has 2 aromatic carbocycles. The van der Waals surface area contributed by atoms with Gasteiger partial charge in [-0.1, -0.05) is 36.4 Å². The Kier molecular flexibility index (Phi) is 5.49. The molecule has 0 aliphatic carbocycles. The number of aromatic nitrogens is 2. The monoisotopic (exact) mass is 388 g/mol. The Labute approximate surface area is 172 Å². The van der Waals surface area contributed by atoms with E-state index in [-0.39, 0.29) is 5.69 Å². The molecule has 0 unspecified atom stereocenters. The molecule has 29 heavy (non-hydrogen) atoms. The first-order valence-electron chi connectivity index (χ1n) is 10.2. The van der Waals surface area contributed by atoms with Crippen LogP contribution in [0.2, 0.25) is 0 Å². The third kappa shape index (κ3) is 4.40. The van der Waals surface area contributed by atoms with Crippen LogP contribution in [0.15, 0.2) is 54.6 Å². The van der Waals surface area contributed by atoms with Crippen LogP contribution in [-0.2, 0) is 6.42 Å². The van der Waals surface area contributed by atoms with Gasteiger partial charge in [0.1, 0.15) is 0 Å². The highest BCUT2D eigenvalue weighted by atomic mass is 16.1. The lowest BCUT2D eigenvalue weighted by molar-refractivity contribution is 0.0995. The van der Waals surface area contributed by atoms with E-state index in [4.69, 9.17) is 5.73 Å². The van der Waals surface area contributed by atoms with Gasteiger partial charge in [0.2, 0.25) is 0 Å². The van der Waals surface area contributed by atoms with E-state index in [0.29, 0.717) is 5.92 Å². The first-order chi connectivity index (χ1) is 14.0. The fourth-order valence-electron chi connectivity index (χ4n) is 4.10. The average molecular weight is 389 g/mol. The number of hydrogen-bond donors (Lipinski definition) is 1. The van der Waals surface area contributed by atoms with Crippen LogP contribution in [0, 0.1) is 6.92 Å². The van der Waals surface area contributed by atoms with Gasteiger partial charge >= 0.3 is 0 Å². The number of hydrogen-bond acceptors (Lipinski definition) is 3. The maximum absolute atomic E-state index is 11.3. The van der Waals surface area contributed by atoms with Gasteiger partial charge in [0, 0.05) is 5.69 Å². The predicted molar refractivity (Wildman–Crippen MR) is 116 cm³/mol. The molecule has 0 atom stereocenters. The number of nitrogens with zero attached hydrogens (tertiary/aromatic N) is 3. The molecule has 1 aliphatic rings. The topological polar surface area (TPSA) is 64.2 Å². The highest BCUT2D eigenvalue weighted by Gasteiger charge is 2.18. The van der Waals surface area contributed by atoms with Crippen molar-refractivity contribution in [1.82, 2.24) is 14.7 Å². The van der Waals surface area contributed by atoms with E-state index in [1.165, 1.54) is 42.6 Å². The molecule has 5 heteroatoms. The third-order valence-electron chi connectivity index (χ3n) is 5.90. The molecule has 0 saturated carbocycles. The Hall–Kier alpha value is -2.92. The normalized spacial score (nSPS) is 15.5. The summed E-state index contributed by atoms with van der Waals surface area (Å²) in [5.41, 5.74) is 11.5. The van der Waals surface area contributed by atoms with Crippen LogP contribution < -0.4 is 5.73 Å². The molecule has 2 heterocycles. The van der Waals surface area contributed by atoms with Gasteiger partial charge in [-0.2, -0.15) is 5.10 Å². The van der Waals surface area contributed by atoms with E-state index in [1.54, 1.807) is 10.7 Å². The number of aryl methyl sites for hydroxylation is 1. The number of primary amides is 1. The summed E-state index contributed by atoms with van der Waals surface area (Å²) >= 11 is 0. The van der Waals surface area contributed by atoms with Gasteiger partial charge in [-0.05, 0) is 87.1 Å².